The summed E-state index contributed by atoms with van der Waals surface area (Å²) in [5.74, 6) is 0. The molecule has 1 saturated heterocycles. The Bertz CT molecular complexity index is 224. The quantitative estimate of drug-likeness (QED) is 0.708. The van der Waals surface area contributed by atoms with E-state index >= 15 is 0 Å². The molecule has 1 aliphatic heterocycles. The van der Waals surface area contributed by atoms with Gasteiger partial charge in [0.25, 0.3) is 0 Å². The molecule has 1 heterocycles. The second kappa shape index (κ2) is 7.43. The third-order valence-electron chi connectivity index (χ3n) is 3.52. The molecule has 2 N–H and O–H groups in total. The van der Waals surface area contributed by atoms with Crippen LogP contribution in [0.4, 0.5) is 0 Å². The van der Waals surface area contributed by atoms with Crippen LogP contribution in [0.5, 0.6) is 0 Å². The minimum absolute atomic E-state index is 0.101. The lowest BCUT2D eigenvalue weighted by molar-refractivity contribution is 0.0434. The van der Waals surface area contributed by atoms with E-state index in [4.69, 9.17) is 10.5 Å². The standard InChI is InChI=1S/C14H31N3O/c1-5-16(6-2)9-10-18-13-7-8-17(11-13)12-14(3,4)15/h13H,5-12,15H2,1-4H3. The highest BCUT2D eigenvalue weighted by molar-refractivity contribution is 4.83. The number of ether oxygens (including phenoxy) is 1. The Labute approximate surface area is 112 Å². The summed E-state index contributed by atoms with van der Waals surface area (Å²) in [6.07, 6.45) is 1.55. The molecule has 0 saturated carbocycles. The summed E-state index contributed by atoms with van der Waals surface area (Å²) in [4.78, 5) is 4.82. The zero-order valence-electron chi connectivity index (χ0n) is 12.6. The van der Waals surface area contributed by atoms with E-state index in [0.29, 0.717) is 6.10 Å². The van der Waals surface area contributed by atoms with E-state index in [-0.39, 0.29) is 5.54 Å². The average Bonchev–Trinajstić information content (AvgIpc) is 2.69. The molecule has 0 amide bonds. The lowest BCUT2D eigenvalue weighted by Gasteiger charge is -2.26. The van der Waals surface area contributed by atoms with Gasteiger partial charge in [-0.2, -0.15) is 0 Å². The fourth-order valence-corrected chi connectivity index (χ4v) is 2.54. The Morgan fingerprint density at radius 2 is 2.00 bits per heavy atom. The van der Waals surface area contributed by atoms with Gasteiger partial charge in [-0.05, 0) is 33.4 Å². The van der Waals surface area contributed by atoms with E-state index in [1.807, 2.05) is 0 Å². The van der Waals surface area contributed by atoms with Crippen molar-refractivity contribution in [1.82, 2.24) is 9.80 Å². The van der Waals surface area contributed by atoms with Crippen molar-refractivity contribution < 1.29 is 4.74 Å². The molecular formula is C14H31N3O. The number of nitrogens with two attached hydrogens (primary N) is 1. The van der Waals surface area contributed by atoms with Crippen molar-refractivity contribution in [2.24, 2.45) is 5.73 Å². The number of likely N-dealkylation sites (N-methyl/N-ethyl adjacent to an activating group) is 1. The molecule has 108 valence electrons. The van der Waals surface area contributed by atoms with E-state index in [1.54, 1.807) is 0 Å². The first kappa shape index (κ1) is 15.9. The molecule has 1 unspecified atom stereocenters. The summed E-state index contributed by atoms with van der Waals surface area (Å²) in [6.45, 7) is 15.8. The first-order valence-corrected chi connectivity index (χ1v) is 7.29. The van der Waals surface area contributed by atoms with Crippen LogP contribution in [-0.2, 0) is 4.74 Å². The molecule has 4 heteroatoms. The molecule has 0 bridgehead atoms. The van der Waals surface area contributed by atoms with Crippen LogP contribution in [0.3, 0.4) is 0 Å². The predicted molar refractivity (Wildman–Crippen MR) is 76.9 cm³/mol. The van der Waals surface area contributed by atoms with E-state index < -0.39 is 0 Å². The molecule has 0 aromatic heterocycles. The average molecular weight is 257 g/mol. The van der Waals surface area contributed by atoms with Crippen LogP contribution >= 0.6 is 0 Å². The summed E-state index contributed by atoms with van der Waals surface area (Å²) in [5.41, 5.74) is 5.95. The van der Waals surface area contributed by atoms with Gasteiger partial charge >= 0.3 is 0 Å². The van der Waals surface area contributed by atoms with Crippen LogP contribution in [0.25, 0.3) is 0 Å². The molecule has 18 heavy (non-hydrogen) atoms. The van der Waals surface area contributed by atoms with Crippen molar-refractivity contribution in [2.45, 2.75) is 45.8 Å². The van der Waals surface area contributed by atoms with Crippen molar-refractivity contribution in [3.63, 3.8) is 0 Å². The molecule has 1 atom stereocenters. The van der Waals surface area contributed by atoms with Crippen LogP contribution in [0.1, 0.15) is 34.1 Å². The third kappa shape index (κ3) is 6.14. The van der Waals surface area contributed by atoms with Crippen molar-refractivity contribution in [3.8, 4) is 0 Å². The van der Waals surface area contributed by atoms with Gasteiger partial charge in [0.05, 0.1) is 12.7 Å². The maximum absolute atomic E-state index is 6.05. The Morgan fingerprint density at radius 3 is 2.56 bits per heavy atom. The second-order valence-corrected chi connectivity index (χ2v) is 6.03. The number of rotatable bonds is 8. The predicted octanol–water partition coefficient (Wildman–Crippen LogP) is 1.16. The zero-order valence-corrected chi connectivity index (χ0v) is 12.6. The molecular weight excluding hydrogens is 226 g/mol. The SMILES string of the molecule is CCN(CC)CCOC1CCN(CC(C)(C)N)C1. The topological polar surface area (TPSA) is 41.7 Å². The monoisotopic (exact) mass is 257 g/mol. The van der Waals surface area contributed by atoms with Gasteiger partial charge in [0.15, 0.2) is 0 Å². The smallest absolute Gasteiger partial charge is 0.0714 e. The van der Waals surface area contributed by atoms with Crippen molar-refractivity contribution >= 4 is 0 Å². The van der Waals surface area contributed by atoms with Gasteiger partial charge in [0, 0.05) is 31.7 Å². The van der Waals surface area contributed by atoms with Crippen molar-refractivity contribution in [2.75, 3.05) is 45.9 Å². The molecule has 0 radical (unpaired) electrons. The van der Waals surface area contributed by atoms with Crippen molar-refractivity contribution in [1.29, 1.82) is 0 Å². The van der Waals surface area contributed by atoms with Crippen molar-refractivity contribution in [3.05, 3.63) is 0 Å². The summed E-state index contributed by atoms with van der Waals surface area (Å²) < 4.78 is 5.96. The van der Waals surface area contributed by atoms with Gasteiger partial charge in [0.2, 0.25) is 0 Å². The first-order chi connectivity index (χ1) is 8.44. The van der Waals surface area contributed by atoms with E-state index in [1.165, 1.54) is 0 Å². The van der Waals surface area contributed by atoms with Crippen LogP contribution in [-0.4, -0.2) is 67.3 Å². The third-order valence-corrected chi connectivity index (χ3v) is 3.52. The maximum atomic E-state index is 6.05. The Kier molecular flexibility index (Phi) is 6.57. The number of nitrogens with zero attached hydrogens (tertiary/aromatic N) is 2. The molecule has 0 aliphatic carbocycles. The Balaban J connectivity index is 2.15. The minimum Gasteiger partial charge on any atom is -0.376 e. The van der Waals surface area contributed by atoms with Crippen LogP contribution in [0.15, 0.2) is 0 Å². The summed E-state index contributed by atoms with van der Waals surface area (Å²) in [6, 6.07) is 0. The normalized spacial score (nSPS) is 22.0. The van der Waals surface area contributed by atoms with E-state index in [9.17, 15) is 0 Å². The zero-order chi connectivity index (χ0) is 13.6. The number of hydrogen-bond donors (Lipinski definition) is 1. The highest BCUT2D eigenvalue weighted by Crippen LogP contribution is 2.14. The second-order valence-electron chi connectivity index (χ2n) is 6.03. The van der Waals surface area contributed by atoms with E-state index in [0.717, 1.165) is 52.3 Å². The molecule has 0 aromatic rings. The fraction of sp³-hybridized carbons (Fsp3) is 1.00. The molecule has 1 fully saturated rings. The lowest BCUT2D eigenvalue weighted by Crippen LogP contribution is -2.44. The van der Waals surface area contributed by atoms with Gasteiger partial charge in [-0.1, -0.05) is 13.8 Å². The highest BCUT2D eigenvalue weighted by atomic mass is 16.5. The molecule has 4 nitrogen and oxygen atoms in total. The Morgan fingerprint density at radius 1 is 1.33 bits per heavy atom. The first-order valence-electron chi connectivity index (χ1n) is 7.29. The van der Waals surface area contributed by atoms with E-state index in [2.05, 4.69) is 37.5 Å². The molecule has 0 aromatic carbocycles. The molecule has 0 spiro atoms. The largest absolute Gasteiger partial charge is 0.376 e. The van der Waals surface area contributed by atoms with Gasteiger partial charge in [-0.25, -0.2) is 0 Å². The maximum Gasteiger partial charge on any atom is 0.0714 e. The minimum atomic E-state index is -0.101. The summed E-state index contributed by atoms with van der Waals surface area (Å²) in [5, 5.41) is 0. The van der Waals surface area contributed by atoms with Gasteiger partial charge < -0.3 is 15.4 Å². The highest BCUT2D eigenvalue weighted by Gasteiger charge is 2.26. The Hall–Kier alpha value is -0.160. The fourth-order valence-electron chi connectivity index (χ4n) is 2.54. The van der Waals surface area contributed by atoms with Crippen LogP contribution < -0.4 is 5.73 Å². The lowest BCUT2D eigenvalue weighted by atomic mass is 10.1. The van der Waals surface area contributed by atoms with Crippen LogP contribution in [0, 0.1) is 0 Å². The number of likely N-dealkylation sites (tertiary alicyclic amines) is 1. The van der Waals surface area contributed by atoms with Gasteiger partial charge in [-0.15, -0.1) is 0 Å². The number of hydrogen-bond acceptors (Lipinski definition) is 4. The summed E-state index contributed by atoms with van der Waals surface area (Å²) in [7, 11) is 0. The van der Waals surface area contributed by atoms with Crippen LogP contribution in [0.2, 0.25) is 0 Å². The molecule has 1 aliphatic rings. The summed E-state index contributed by atoms with van der Waals surface area (Å²) >= 11 is 0. The van der Waals surface area contributed by atoms with Gasteiger partial charge in [0.1, 0.15) is 0 Å². The van der Waals surface area contributed by atoms with Gasteiger partial charge in [-0.3, -0.25) is 4.90 Å². The molecule has 1 rings (SSSR count).